The molecule has 1 aromatic rings. The van der Waals surface area contributed by atoms with Crippen molar-refractivity contribution in [1.82, 2.24) is 9.80 Å². The molecule has 188 valence electrons. The van der Waals surface area contributed by atoms with Crippen LogP contribution < -0.4 is 10.1 Å². The molecule has 1 aliphatic heterocycles. The Balaban J connectivity index is 1.55. The number of aliphatic hydroxyl groups excluding tert-OH is 1. The maximum atomic E-state index is 13.5. The average Bonchev–Trinajstić information content (AvgIpc) is 3.67. The number of ether oxygens (including phenoxy) is 1. The second-order valence-electron chi connectivity index (χ2n) is 10.8. The van der Waals surface area contributed by atoms with E-state index in [1.807, 2.05) is 19.1 Å². The summed E-state index contributed by atoms with van der Waals surface area (Å²) in [5.41, 5.74) is 1.06. The number of anilines is 1. The molecule has 0 saturated heterocycles. The number of nitrogens with one attached hydrogen (secondary N) is 1. The first-order valence-corrected chi connectivity index (χ1v) is 13.1. The molecule has 2 aliphatic carbocycles. The van der Waals surface area contributed by atoms with Crippen LogP contribution in [0.5, 0.6) is 5.75 Å². The highest BCUT2D eigenvalue weighted by atomic mass is 16.5. The van der Waals surface area contributed by atoms with Crippen LogP contribution in [0.4, 0.5) is 5.69 Å². The molecule has 0 spiro atoms. The summed E-state index contributed by atoms with van der Waals surface area (Å²) in [5, 5.41) is 12.8. The zero-order valence-corrected chi connectivity index (χ0v) is 21.0. The average molecular weight is 472 g/mol. The summed E-state index contributed by atoms with van der Waals surface area (Å²) >= 11 is 0. The molecule has 7 nitrogen and oxygen atoms in total. The van der Waals surface area contributed by atoms with E-state index in [2.05, 4.69) is 24.2 Å². The molecule has 0 radical (unpaired) electrons. The summed E-state index contributed by atoms with van der Waals surface area (Å²) in [6, 6.07) is 5.06. The van der Waals surface area contributed by atoms with Crippen LogP contribution in [0.15, 0.2) is 18.2 Å². The number of benzene rings is 1. The Bertz CT molecular complexity index is 865. The van der Waals surface area contributed by atoms with Gasteiger partial charge in [0, 0.05) is 37.2 Å². The van der Waals surface area contributed by atoms with Crippen molar-refractivity contribution < 1.29 is 19.4 Å². The Labute approximate surface area is 203 Å². The van der Waals surface area contributed by atoms with Crippen molar-refractivity contribution >= 4 is 17.5 Å². The number of aliphatic hydroxyl groups is 1. The van der Waals surface area contributed by atoms with Crippen molar-refractivity contribution in [3.8, 4) is 5.75 Å². The van der Waals surface area contributed by atoms with Crippen LogP contribution in [-0.2, 0) is 4.79 Å². The summed E-state index contributed by atoms with van der Waals surface area (Å²) in [7, 11) is 2.17. The second-order valence-corrected chi connectivity index (χ2v) is 10.8. The molecule has 1 heterocycles. The number of carbonyl (C=O) groups excluding carboxylic acids is 2. The van der Waals surface area contributed by atoms with Crippen LogP contribution >= 0.6 is 0 Å². The number of rotatable bonds is 8. The van der Waals surface area contributed by atoms with Gasteiger partial charge in [-0.2, -0.15) is 0 Å². The van der Waals surface area contributed by atoms with E-state index in [1.54, 1.807) is 11.0 Å². The SMILES string of the molecule is C[C@H](CO)N1C[C@H](C)[C@@H](CN(C)CC2CCCCC2)Oc2ccc(NC(=O)C3CC3)cc2C1=O. The molecule has 2 amide bonds. The number of nitrogens with zero attached hydrogens (tertiary/aromatic N) is 2. The molecule has 7 heteroatoms. The fourth-order valence-electron chi connectivity index (χ4n) is 5.30. The Morgan fingerprint density at radius 2 is 1.94 bits per heavy atom. The van der Waals surface area contributed by atoms with Gasteiger partial charge in [-0.15, -0.1) is 0 Å². The highest BCUT2D eigenvalue weighted by molar-refractivity contribution is 6.00. The number of amides is 2. The predicted octanol–water partition coefficient (Wildman–Crippen LogP) is 3.77. The summed E-state index contributed by atoms with van der Waals surface area (Å²) < 4.78 is 6.50. The van der Waals surface area contributed by atoms with Crippen LogP contribution in [0.1, 0.15) is 69.2 Å². The molecular formula is C27H41N3O4. The van der Waals surface area contributed by atoms with E-state index in [9.17, 15) is 14.7 Å². The summed E-state index contributed by atoms with van der Waals surface area (Å²) in [4.78, 5) is 29.9. The van der Waals surface area contributed by atoms with Crippen molar-refractivity contribution in [2.75, 3.05) is 38.6 Å². The molecule has 0 unspecified atom stereocenters. The minimum absolute atomic E-state index is 0.00980. The van der Waals surface area contributed by atoms with Gasteiger partial charge in [0.15, 0.2) is 0 Å². The Morgan fingerprint density at radius 1 is 1.21 bits per heavy atom. The Hall–Kier alpha value is -2.12. The number of hydrogen-bond donors (Lipinski definition) is 2. The van der Waals surface area contributed by atoms with Gasteiger partial charge in [0.25, 0.3) is 5.91 Å². The molecule has 1 aromatic carbocycles. The van der Waals surface area contributed by atoms with Gasteiger partial charge in [-0.05, 0) is 63.8 Å². The topological polar surface area (TPSA) is 82.1 Å². The number of hydrogen-bond acceptors (Lipinski definition) is 5. The summed E-state index contributed by atoms with van der Waals surface area (Å²) in [6.07, 6.45) is 8.40. The minimum Gasteiger partial charge on any atom is -0.488 e. The number of fused-ring (bicyclic) bond motifs is 1. The molecule has 2 N–H and O–H groups in total. The maximum absolute atomic E-state index is 13.5. The normalized spacial score (nSPS) is 24.7. The zero-order valence-electron chi connectivity index (χ0n) is 21.0. The fourth-order valence-corrected chi connectivity index (χ4v) is 5.30. The quantitative estimate of drug-likeness (QED) is 0.603. The molecule has 2 fully saturated rings. The number of carbonyl (C=O) groups is 2. The van der Waals surface area contributed by atoms with Crippen molar-refractivity contribution in [2.24, 2.45) is 17.8 Å². The van der Waals surface area contributed by atoms with Gasteiger partial charge in [-0.3, -0.25) is 9.59 Å². The van der Waals surface area contributed by atoms with E-state index in [0.717, 1.165) is 31.8 Å². The van der Waals surface area contributed by atoms with Crippen LogP contribution in [0.3, 0.4) is 0 Å². The highest BCUT2D eigenvalue weighted by Gasteiger charge is 2.34. The van der Waals surface area contributed by atoms with Gasteiger partial charge in [-0.25, -0.2) is 0 Å². The highest BCUT2D eigenvalue weighted by Crippen LogP contribution is 2.33. The van der Waals surface area contributed by atoms with Crippen molar-refractivity contribution in [1.29, 1.82) is 0 Å². The van der Waals surface area contributed by atoms with Crippen molar-refractivity contribution in [2.45, 2.75) is 70.9 Å². The van der Waals surface area contributed by atoms with E-state index in [1.165, 1.54) is 32.1 Å². The molecular weight excluding hydrogens is 430 g/mol. The lowest BCUT2D eigenvalue weighted by Crippen LogP contribution is -2.50. The Kier molecular flexibility index (Phi) is 8.14. The second kappa shape index (κ2) is 11.1. The van der Waals surface area contributed by atoms with Crippen molar-refractivity contribution in [3.05, 3.63) is 23.8 Å². The van der Waals surface area contributed by atoms with E-state index in [4.69, 9.17) is 4.74 Å². The van der Waals surface area contributed by atoms with Gasteiger partial charge < -0.3 is 25.0 Å². The van der Waals surface area contributed by atoms with E-state index in [0.29, 0.717) is 23.5 Å². The third kappa shape index (κ3) is 6.11. The van der Waals surface area contributed by atoms with Gasteiger partial charge >= 0.3 is 0 Å². The Morgan fingerprint density at radius 3 is 2.62 bits per heavy atom. The molecule has 0 aromatic heterocycles. The molecule has 3 aliphatic rings. The lowest BCUT2D eigenvalue weighted by atomic mass is 9.89. The monoisotopic (exact) mass is 471 g/mol. The molecule has 0 bridgehead atoms. The van der Waals surface area contributed by atoms with Gasteiger partial charge in [0.05, 0.1) is 18.2 Å². The predicted molar refractivity (Wildman–Crippen MR) is 133 cm³/mol. The fraction of sp³-hybridized carbons (Fsp3) is 0.704. The lowest BCUT2D eigenvalue weighted by Gasteiger charge is -2.38. The minimum atomic E-state index is -0.300. The molecule has 34 heavy (non-hydrogen) atoms. The van der Waals surface area contributed by atoms with E-state index >= 15 is 0 Å². The van der Waals surface area contributed by atoms with Crippen molar-refractivity contribution in [3.63, 3.8) is 0 Å². The van der Waals surface area contributed by atoms with Gasteiger partial charge in [-0.1, -0.05) is 26.2 Å². The van der Waals surface area contributed by atoms with Gasteiger partial charge in [0.2, 0.25) is 5.91 Å². The molecule has 3 atom stereocenters. The zero-order chi connectivity index (χ0) is 24.2. The van der Waals surface area contributed by atoms with Gasteiger partial charge in [0.1, 0.15) is 11.9 Å². The molecule has 4 rings (SSSR count). The standard InChI is InChI=1S/C27H41N3O4/c1-18-14-30(19(2)17-31)27(33)23-13-22(28-26(32)21-9-10-21)11-12-24(23)34-25(18)16-29(3)15-20-7-5-4-6-8-20/h11-13,18-21,25,31H,4-10,14-17H2,1-3H3,(H,28,32)/t18-,19+,25+/m0/s1. The third-order valence-corrected chi connectivity index (χ3v) is 7.67. The summed E-state index contributed by atoms with van der Waals surface area (Å²) in [5.74, 6) is 1.33. The largest absolute Gasteiger partial charge is 0.488 e. The molecule has 2 saturated carbocycles. The first-order valence-electron chi connectivity index (χ1n) is 13.1. The lowest BCUT2D eigenvalue weighted by molar-refractivity contribution is -0.117. The van der Waals surface area contributed by atoms with Crippen LogP contribution in [-0.4, -0.2) is 72.2 Å². The number of likely N-dealkylation sites (N-methyl/N-ethyl adjacent to an activating group) is 1. The third-order valence-electron chi connectivity index (χ3n) is 7.67. The summed E-state index contributed by atoms with van der Waals surface area (Å²) in [6.45, 7) is 6.27. The van der Waals surface area contributed by atoms with Crippen LogP contribution in [0.2, 0.25) is 0 Å². The first kappa shape index (κ1) is 25.0. The smallest absolute Gasteiger partial charge is 0.258 e. The van der Waals surface area contributed by atoms with E-state index in [-0.39, 0.29) is 42.4 Å². The van der Waals surface area contributed by atoms with Crippen LogP contribution in [0.25, 0.3) is 0 Å². The van der Waals surface area contributed by atoms with E-state index < -0.39 is 0 Å². The van der Waals surface area contributed by atoms with Crippen LogP contribution in [0, 0.1) is 17.8 Å². The first-order chi connectivity index (χ1) is 16.4. The maximum Gasteiger partial charge on any atom is 0.258 e.